The number of ether oxygens (including phenoxy) is 3. The Kier molecular flexibility index (Phi) is 6.52. The molecule has 29 heavy (non-hydrogen) atoms. The Morgan fingerprint density at radius 1 is 0.862 bits per heavy atom. The largest absolute Gasteiger partial charge is 0.496 e. The van der Waals surface area contributed by atoms with Crippen LogP contribution in [0.1, 0.15) is 16.1 Å². The number of carbonyl (C=O) groups is 1. The SMILES string of the molecule is COc1ccccc1CNc1ccc(C(=O)Nc2ccc(OC)c(OC)c2)nc1. The van der Waals surface area contributed by atoms with E-state index in [4.69, 9.17) is 14.2 Å². The minimum absolute atomic E-state index is 0.308. The molecule has 0 aliphatic heterocycles. The molecule has 1 amide bonds. The summed E-state index contributed by atoms with van der Waals surface area (Å²) < 4.78 is 15.8. The van der Waals surface area contributed by atoms with Crippen LogP contribution in [0.15, 0.2) is 60.8 Å². The maximum Gasteiger partial charge on any atom is 0.274 e. The molecule has 0 aliphatic carbocycles. The van der Waals surface area contributed by atoms with Gasteiger partial charge in [0.15, 0.2) is 11.5 Å². The lowest BCUT2D eigenvalue weighted by Gasteiger charge is -2.11. The van der Waals surface area contributed by atoms with Crippen molar-refractivity contribution < 1.29 is 19.0 Å². The van der Waals surface area contributed by atoms with Gasteiger partial charge < -0.3 is 24.8 Å². The molecule has 3 rings (SSSR count). The van der Waals surface area contributed by atoms with E-state index in [2.05, 4.69) is 15.6 Å². The van der Waals surface area contributed by atoms with Crippen molar-refractivity contribution in [3.8, 4) is 17.2 Å². The van der Waals surface area contributed by atoms with Crippen LogP contribution in [0, 0.1) is 0 Å². The minimum Gasteiger partial charge on any atom is -0.496 e. The Morgan fingerprint density at radius 3 is 2.28 bits per heavy atom. The molecule has 0 radical (unpaired) electrons. The van der Waals surface area contributed by atoms with Crippen molar-refractivity contribution in [3.05, 3.63) is 72.1 Å². The van der Waals surface area contributed by atoms with Gasteiger partial charge in [-0.2, -0.15) is 0 Å². The number of carbonyl (C=O) groups excluding carboxylic acids is 1. The first kappa shape index (κ1) is 20.0. The van der Waals surface area contributed by atoms with Crippen molar-refractivity contribution in [3.63, 3.8) is 0 Å². The monoisotopic (exact) mass is 393 g/mol. The number of aromatic nitrogens is 1. The minimum atomic E-state index is -0.312. The van der Waals surface area contributed by atoms with Crippen LogP contribution in [0.25, 0.3) is 0 Å². The number of para-hydroxylation sites is 1. The van der Waals surface area contributed by atoms with Crippen LogP contribution < -0.4 is 24.8 Å². The molecule has 0 saturated heterocycles. The fraction of sp³-hybridized carbons (Fsp3) is 0.182. The van der Waals surface area contributed by atoms with E-state index in [-0.39, 0.29) is 5.91 Å². The Bertz CT molecular complexity index is 974. The summed E-state index contributed by atoms with van der Waals surface area (Å²) in [6.07, 6.45) is 1.62. The van der Waals surface area contributed by atoms with Crippen LogP contribution in [0.3, 0.4) is 0 Å². The molecule has 0 unspecified atom stereocenters. The molecule has 1 heterocycles. The van der Waals surface area contributed by atoms with E-state index < -0.39 is 0 Å². The van der Waals surface area contributed by atoms with E-state index in [9.17, 15) is 4.79 Å². The molecule has 150 valence electrons. The smallest absolute Gasteiger partial charge is 0.274 e. The van der Waals surface area contributed by atoms with E-state index >= 15 is 0 Å². The van der Waals surface area contributed by atoms with Crippen LogP contribution in [-0.2, 0) is 6.54 Å². The summed E-state index contributed by atoms with van der Waals surface area (Å²) >= 11 is 0. The Balaban J connectivity index is 1.63. The second kappa shape index (κ2) is 9.45. The van der Waals surface area contributed by atoms with E-state index in [1.54, 1.807) is 51.8 Å². The van der Waals surface area contributed by atoms with Gasteiger partial charge in [0, 0.05) is 23.9 Å². The number of anilines is 2. The quantitative estimate of drug-likeness (QED) is 0.603. The Morgan fingerprint density at radius 2 is 1.59 bits per heavy atom. The standard InChI is InChI=1S/C22H23N3O4/c1-27-19-7-5-4-6-15(19)13-23-17-8-10-18(24-14-17)22(26)25-16-9-11-20(28-2)21(12-16)29-3/h4-12,14,23H,13H2,1-3H3,(H,25,26). The molecule has 2 N–H and O–H groups in total. The van der Waals surface area contributed by atoms with Gasteiger partial charge in [-0.25, -0.2) is 4.98 Å². The summed E-state index contributed by atoms with van der Waals surface area (Å²) in [4.78, 5) is 16.7. The summed E-state index contributed by atoms with van der Waals surface area (Å²) in [6, 6.07) is 16.4. The van der Waals surface area contributed by atoms with E-state index in [1.165, 1.54) is 0 Å². The molecule has 7 heteroatoms. The average molecular weight is 393 g/mol. The van der Waals surface area contributed by atoms with Gasteiger partial charge in [0.05, 0.1) is 33.2 Å². The summed E-state index contributed by atoms with van der Waals surface area (Å²) in [5.74, 6) is 1.63. The van der Waals surface area contributed by atoms with Gasteiger partial charge in [-0.1, -0.05) is 18.2 Å². The first-order valence-corrected chi connectivity index (χ1v) is 8.99. The fourth-order valence-corrected chi connectivity index (χ4v) is 2.79. The number of hydrogen-bond acceptors (Lipinski definition) is 6. The number of amides is 1. The van der Waals surface area contributed by atoms with Gasteiger partial charge >= 0.3 is 0 Å². The molecule has 0 spiro atoms. The van der Waals surface area contributed by atoms with Crippen LogP contribution >= 0.6 is 0 Å². The summed E-state index contributed by atoms with van der Waals surface area (Å²) in [6.45, 7) is 0.586. The van der Waals surface area contributed by atoms with Crippen molar-refractivity contribution in [2.24, 2.45) is 0 Å². The second-order valence-corrected chi connectivity index (χ2v) is 6.12. The number of pyridine rings is 1. The molecule has 2 aromatic carbocycles. The topological polar surface area (TPSA) is 81.7 Å². The third-order valence-corrected chi connectivity index (χ3v) is 4.31. The predicted molar refractivity (Wildman–Crippen MR) is 112 cm³/mol. The number of rotatable bonds is 8. The summed E-state index contributed by atoms with van der Waals surface area (Å²) in [5, 5.41) is 6.08. The van der Waals surface area contributed by atoms with Crippen LogP contribution in [0.2, 0.25) is 0 Å². The van der Waals surface area contributed by atoms with Crippen molar-refractivity contribution in [1.29, 1.82) is 0 Å². The number of hydrogen-bond donors (Lipinski definition) is 2. The fourth-order valence-electron chi connectivity index (χ4n) is 2.79. The maximum atomic E-state index is 12.5. The number of benzene rings is 2. The van der Waals surface area contributed by atoms with Gasteiger partial charge in [-0.3, -0.25) is 4.79 Å². The molecule has 0 saturated carbocycles. The second-order valence-electron chi connectivity index (χ2n) is 6.12. The molecule has 0 fully saturated rings. The van der Waals surface area contributed by atoms with Crippen LogP contribution in [0.4, 0.5) is 11.4 Å². The van der Waals surface area contributed by atoms with Gasteiger partial charge in [-0.15, -0.1) is 0 Å². The van der Waals surface area contributed by atoms with Gasteiger partial charge in [0.25, 0.3) is 5.91 Å². The zero-order valence-electron chi connectivity index (χ0n) is 16.6. The van der Waals surface area contributed by atoms with Crippen LogP contribution in [0.5, 0.6) is 17.2 Å². The summed E-state index contributed by atoms with van der Waals surface area (Å²) in [7, 11) is 4.75. The lowest BCUT2D eigenvalue weighted by molar-refractivity contribution is 0.102. The van der Waals surface area contributed by atoms with Crippen molar-refractivity contribution >= 4 is 17.3 Å². The normalized spacial score (nSPS) is 10.2. The highest BCUT2D eigenvalue weighted by Gasteiger charge is 2.11. The Labute approximate surface area is 169 Å². The van der Waals surface area contributed by atoms with Crippen molar-refractivity contribution in [2.75, 3.05) is 32.0 Å². The maximum absolute atomic E-state index is 12.5. The van der Waals surface area contributed by atoms with E-state index in [0.717, 1.165) is 17.0 Å². The first-order chi connectivity index (χ1) is 14.1. The van der Waals surface area contributed by atoms with E-state index in [1.807, 2.05) is 30.3 Å². The highest BCUT2D eigenvalue weighted by molar-refractivity contribution is 6.03. The molecule has 0 bridgehead atoms. The molecule has 7 nitrogen and oxygen atoms in total. The van der Waals surface area contributed by atoms with E-state index in [0.29, 0.717) is 29.4 Å². The lowest BCUT2D eigenvalue weighted by Crippen LogP contribution is -2.14. The highest BCUT2D eigenvalue weighted by Crippen LogP contribution is 2.29. The van der Waals surface area contributed by atoms with Crippen molar-refractivity contribution in [2.45, 2.75) is 6.54 Å². The zero-order valence-corrected chi connectivity index (χ0v) is 16.6. The molecule has 0 atom stereocenters. The predicted octanol–water partition coefficient (Wildman–Crippen LogP) is 3.97. The molecular weight excluding hydrogens is 370 g/mol. The van der Waals surface area contributed by atoms with Gasteiger partial charge in [0.1, 0.15) is 11.4 Å². The van der Waals surface area contributed by atoms with Gasteiger partial charge in [0.2, 0.25) is 0 Å². The average Bonchev–Trinajstić information content (AvgIpc) is 2.78. The highest BCUT2D eigenvalue weighted by atomic mass is 16.5. The number of nitrogens with one attached hydrogen (secondary N) is 2. The number of nitrogens with zero attached hydrogens (tertiary/aromatic N) is 1. The third-order valence-electron chi connectivity index (χ3n) is 4.31. The summed E-state index contributed by atoms with van der Waals surface area (Å²) in [5.41, 5.74) is 2.74. The molecule has 1 aromatic heterocycles. The zero-order chi connectivity index (χ0) is 20.6. The Hall–Kier alpha value is -3.74. The van der Waals surface area contributed by atoms with Crippen molar-refractivity contribution in [1.82, 2.24) is 4.98 Å². The van der Waals surface area contributed by atoms with Crippen LogP contribution in [-0.4, -0.2) is 32.2 Å². The molecule has 3 aromatic rings. The van der Waals surface area contributed by atoms with Gasteiger partial charge in [-0.05, 0) is 30.3 Å². The number of methoxy groups -OCH3 is 3. The molecular formula is C22H23N3O4. The third kappa shape index (κ3) is 4.95. The molecule has 0 aliphatic rings. The lowest BCUT2D eigenvalue weighted by atomic mass is 10.2. The first-order valence-electron chi connectivity index (χ1n) is 8.99.